The molecule has 2 heterocycles. The summed E-state index contributed by atoms with van der Waals surface area (Å²) in [6.45, 7) is 5.11. The number of nitrogens with one attached hydrogen (secondary N) is 2. The van der Waals surface area contributed by atoms with Crippen LogP contribution in [0.3, 0.4) is 0 Å². The largest absolute Gasteiger partial charge is 0.378 e. The second kappa shape index (κ2) is 5.83. The molecular weight excluding hydrogens is 286 g/mol. The first kappa shape index (κ1) is 14.0. The fourth-order valence-corrected chi connectivity index (χ4v) is 2.74. The highest BCUT2D eigenvalue weighted by atomic mass is 32.1. The molecule has 0 atom stereocenters. The van der Waals surface area contributed by atoms with Gasteiger partial charge in [-0.3, -0.25) is 4.79 Å². The monoisotopic (exact) mass is 303 g/mol. The van der Waals surface area contributed by atoms with Crippen LogP contribution in [0.4, 0.5) is 5.69 Å². The second-order valence-corrected chi connectivity index (χ2v) is 5.46. The molecule has 0 bridgehead atoms. The van der Waals surface area contributed by atoms with Gasteiger partial charge < -0.3 is 19.6 Å². The normalized spacial score (nSPS) is 15.2. The number of hydrogen-bond donors (Lipinski definition) is 2. The highest BCUT2D eigenvalue weighted by molar-refractivity contribution is 7.71. The summed E-state index contributed by atoms with van der Waals surface area (Å²) in [5.74, 6) is -0.0478. The number of ether oxygens (including phenoxy) is 1. The SMILES string of the molecule is Cc1[nH]c(=S)[nH]c1C(=O)c1ccc(N2CCOCC2)cc1. The Morgan fingerprint density at radius 2 is 1.86 bits per heavy atom. The molecule has 21 heavy (non-hydrogen) atoms. The van der Waals surface area contributed by atoms with Crippen LogP contribution in [0.2, 0.25) is 0 Å². The minimum atomic E-state index is -0.0478. The van der Waals surface area contributed by atoms with E-state index in [0.717, 1.165) is 37.7 Å². The zero-order chi connectivity index (χ0) is 14.8. The van der Waals surface area contributed by atoms with E-state index in [1.165, 1.54) is 0 Å². The van der Waals surface area contributed by atoms with Crippen molar-refractivity contribution in [2.75, 3.05) is 31.2 Å². The van der Waals surface area contributed by atoms with E-state index in [2.05, 4.69) is 14.9 Å². The van der Waals surface area contributed by atoms with E-state index in [1.54, 1.807) is 0 Å². The molecule has 0 radical (unpaired) electrons. The number of benzene rings is 1. The number of morpholine rings is 1. The Morgan fingerprint density at radius 3 is 2.43 bits per heavy atom. The van der Waals surface area contributed by atoms with Gasteiger partial charge in [-0.25, -0.2) is 0 Å². The molecule has 0 spiro atoms. The van der Waals surface area contributed by atoms with Gasteiger partial charge in [-0.05, 0) is 43.4 Å². The molecule has 1 saturated heterocycles. The molecule has 5 nitrogen and oxygen atoms in total. The summed E-state index contributed by atoms with van der Waals surface area (Å²) in [6.07, 6.45) is 0. The van der Waals surface area contributed by atoms with Crippen molar-refractivity contribution in [3.8, 4) is 0 Å². The van der Waals surface area contributed by atoms with Crippen molar-refractivity contribution in [2.24, 2.45) is 0 Å². The topological polar surface area (TPSA) is 61.1 Å². The maximum Gasteiger partial charge on any atom is 0.211 e. The van der Waals surface area contributed by atoms with Crippen LogP contribution in [0.15, 0.2) is 24.3 Å². The predicted molar refractivity (Wildman–Crippen MR) is 83.6 cm³/mol. The third-order valence-corrected chi connectivity index (χ3v) is 3.85. The van der Waals surface area contributed by atoms with Gasteiger partial charge in [0.05, 0.1) is 13.2 Å². The molecule has 2 aromatic rings. The van der Waals surface area contributed by atoms with E-state index >= 15 is 0 Å². The average Bonchev–Trinajstić information content (AvgIpc) is 2.86. The summed E-state index contributed by atoms with van der Waals surface area (Å²) in [5, 5.41) is 0. The van der Waals surface area contributed by atoms with E-state index in [1.807, 2.05) is 31.2 Å². The maximum atomic E-state index is 12.4. The third kappa shape index (κ3) is 2.91. The fraction of sp³-hybridized carbons (Fsp3) is 0.333. The van der Waals surface area contributed by atoms with Crippen molar-refractivity contribution in [2.45, 2.75) is 6.92 Å². The van der Waals surface area contributed by atoms with Crippen molar-refractivity contribution in [1.29, 1.82) is 0 Å². The van der Waals surface area contributed by atoms with E-state index in [-0.39, 0.29) is 5.78 Å². The average molecular weight is 303 g/mol. The number of anilines is 1. The number of hydrogen-bond acceptors (Lipinski definition) is 4. The quantitative estimate of drug-likeness (QED) is 0.675. The number of carbonyl (C=O) groups is 1. The molecule has 1 aromatic carbocycles. The van der Waals surface area contributed by atoms with E-state index in [9.17, 15) is 4.79 Å². The zero-order valence-electron chi connectivity index (χ0n) is 11.8. The Bertz CT molecular complexity index is 696. The fourth-order valence-electron chi connectivity index (χ4n) is 2.49. The molecule has 3 rings (SSSR count). The van der Waals surface area contributed by atoms with E-state index in [0.29, 0.717) is 16.0 Å². The molecule has 0 amide bonds. The molecule has 1 aliphatic rings. The van der Waals surface area contributed by atoms with Crippen LogP contribution in [0.25, 0.3) is 0 Å². The molecule has 1 aromatic heterocycles. The first-order valence-electron chi connectivity index (χ1n) is 6.91. The summed E-state index contributed by atoms with van der Waals surface area (Å²) in [7, 11) is 0. The summed E-state index contributed by atoms with van der Waals surface area (Å²) in [5.41, 5.74) is 3.07. The number of aromatic nitrogens is 2. The second-order valence-electron chi connectivity index (χ2n) is 5.05. The Labute approximate surface area is 127 Å². The minimum absolute atomic E-state index is 0.0478. The molecular formula is C15H17N3O2S. The number of carbonyl (C=O) groups excluding carboxylic acids is 1. The molecule has 1 aliphatic heterocycles. The Hall–Kier alpha value is -1.92. The smallest absolute Gasteiger partial charge is 0.211 e. The Morgan fingerprint density at radius 1 is 1.19 bits per heavy atom. The predicted octanol–water partition coefficient (Wildman–Crippen LogP) is 2.45. The van der Waals surface area contributed by atoms with Gasteiger partial charge >= 0.3 is 0 Å². The van der Waals surface area contributed by atoms with Gasteiger partial charge in [-0.2, -0.15) is 0 Å². The van der Waals surface area contributed by atoms with Gasteiger partial charge in [-0.15, -0.1) is 0 Å². The number of ketones is 1. The zero-order valence-corrected chi connectivity index (χ0v) is 12.6. The number of H-pyrrole nitrogens is 2. The van der Waals surface area contributed by atoms with Crippen LogP contribution in [-0.4, -0.2) is 42.1 Å². The summed E-state index contributed by atoms with van der Waals surface area (Å²) in [6, 6.07) is 7.68. The number of aromatic amines is 2. The van der Waals surface area contributed by atoms with Gasteiger partial charge in [0.2, 0.25) is 5.78 Å². The van der Waals surface area contributed by atoms with Gasteiger partial charge in [0.25, 0.3) is 0 Å². The molecule has 2 N–H and O–H groups in total. The third-order valence-electron chi connectivity index (χ3n) is 3.65. The molecule has 0 unspecified atom stereocenters. The summed E-state index contributed by atoms with van der Waals surface area (Å²) >= 11 is 5.01. The molecule has 0 aliphatic carbocycles. The molecule has 0 saturated carbocycles. The van der Waals surface area contributed by atoms with Gasteiger partial charge in [0.15, 0.2) is 4.77 Å². The van der Waals surface area contributed by atoms with Crippen LogP contribution in [0.1, 0.15) is 21.7 Å². The molecule has 1 fully saturated rings. The first-order valence-corrected chi connectivity index (χ1v) is 7.32. The minimum Gasteiger partial charge on any atom is -0.378 e. The van der Waals surface area contributed by atoms with Crippen LogP contribution in [0, 0.1) is 11.7 Å². The molecule has 6 heteroatoms. The number of imidazole rings is 1. The van der Waals surface area contributed by atoms with Crippen molar-refractivity contribution >= 4 is 23.7 Å². The lowest BCUT2D eigenvalue weighted by atomic mass is 10.1. The summed E-state index contributed by atoms with van der Waals surface area (Å²) < 4.78 is 5.82. The van der Waals surface area contributed by atoms with Crippen LogP contribution >= 0.6 is 12.2 Å². The Balaban J connectivity index is 1.82. The van der Waals surface area contributed by atoms with Gasteiger partial charge in [0, 0.05) is 30.0 Å². The lowest BCUT2D eigenvalue weighted by Gasteiger charge is -2.28. The van der Waals surface area contributed by atoms with Crippen molar-refractivity contribution < 1.29 is 9.53 Å². The standard InChI is InChI=1S/C15H17N3O2S/c1-10-13(17-15(21)16-10)14(19)11-2-4-12(5-3-11)18-6-8-20-9-7-18/h2-5H,6-9H2,1H3,(H2,16,17,21). The Kier molecular flexibility index (Phi) is 3.90. The number of rotatable bonds is 3. The highest BCUT2D eigenvalue weighted by Crippen LogP contribution is 2.18. The van der Waals surface area contributed by atoms with Gasteiger partial charge in [-0.1, -0.05) is 0 Å². The van der Waals surface area contributed by atoms with E-state index in [4.69, 9.17) is 17.0 Å². The van der Waals surface area contributed by atoms with Gasteiger partial charge in [0.1, 0.15) is 5.69 Å². The lowest BCUT2D eigenvalue weighted by Crippen LogP contribution is -2.36. The van der Waals surface area contributed by atoms with Crippen LogP contribution in [0.5, 0.6) is 0 Å². The highest BCUT2D eigenvalue weighted by Gasteiger charge is 2.15. The van der Waals surface area contributed by atoms with Crippen LogP contribution < -0.4 is 4.90 Å². The summed E-state index contributed by atoms with van der Waals surface area (Å²) in [4.78, 5) is 20.5. The van der Waals surface area contributed by atoms with Crippen molar-refractivity contribution in [1.82, 2.24) is 9.97 Å². The van der Waals surface area contributed by atoms with Crippen molar-refractivity contribution in [3.63, 3.8) is 0 Å². The van der Waals surface area contributed by atoms with Crippen molar-refractivity contribution in [3.05, 3.63) is 46.0 Å². The lowest BCUT2D eigenvalue weighted by molar-refractivity contribution is 0.103. The van der Waals surface area contributed by atoms with E-state index < -0.39 is 0 Å². The number of nitrogens with zero attached hydrogens (tertiary/aromatic N) is 1. The number of aryl methyl sites for hydroxylation is 1. The van der Waals surface area contributed by atoms with Crippen LogP contribution in [-0.2, 0) is 4.74 Å². The molecule has 110 valence electrons. The first-order chi connectivity index (χ1) is 10.1. The maximum absolute atomic E-state index is 12.4.